The number of carbonyl (C=O) groups excluding carboxylic acids is 1. The molecule has 4 N–H and O–H groups in total. The molecule has 33 heavy (non-hydrogen) atoms. The van der Waals surface area contributed by atoms with Gasteiger partial charge in [0.05, 0.1) is 38.0 Å². The van der Waals surface area contributed by atoms with Crippen LogP contribution in [0.1, 0.15) is 12.8 Å². The molecule has 0 saturated carbocycles. The Balaban J connectivity index is 2.07. The molecular weight excluding hydrogens is 439 g/mol. The minimum atomic E-state index is -1.31. The third-order valence-corrected chi connectivity index (χ3v) is 4.58. The fraction of sp³-hybridized carbons (Fsp3) is 0.429. The van der Waals surface area contributed by atoms with Crippen molar-refractivity contribution in [3.05, 3.63) is 49.0 Å². The van der Waals surface area contributed by atoms with Crippen molar-refractivity contribution in [3.8, 4) is 0 Å². The summed E-state index contributed by atoms with van der Waals surface area (Å²) in [6, 6.07) is 0. The fourth-order valence-electron chi connectivity index (χ4n) is 2.98. The van der Waals surface area contributed by atoms with Crippen molar-refractivity contribution < 1.29 is 22.7 Å². The van der Waals surface area contributed by atoms with Gasteiger partial charge < -0.3 is 26.0 Å². The molecule has 1 fully saturated rings. The molecule has 0 aromatic heterocycles. The van der Waals surface area contributed by atoms with E-state index in [1.807, 2.05) is 0 Å². The topological polar surface area (TPSA) is 117 Å². The number of nitrogens with one attached hydrogen (secondary N) is 2. The van der Waals surface area contributed by atoms with Crippen molar-refractivity contribution in [1.82, 2.24) is 15.5 Å². The number of allylic oxidation sites excluding steroid dienone is 1. The van der Waals surface area contributed by atoms with Gasteiger partial charge in [0.1, 0.15) is 36.4 Å². The van der Waals surface area contributed by atoms with Gasteiger partial charge in [0.25, 0.3) is 0 Å². The summed E-state index contributed by atoms with van der Waals surface area (Å²) in [5.74, 6) is -0.327. The molecule has 2 heterocycles. The summed E-state index contributed by atoms with van der Waals surface area (Å²) < 4.78 is 45.5. The van der Waals surface area contributed by atoms with Gasteiger partial charge in [0, 0.05) is 19.0 Å². The smallest absolute Gasteiger partial charge is 0.246 e. The van der Waals surface area contributed by atoms with E-state index in [0.717, 1.165) is 12.3 Å². The van der Waals surface area contributed by atoms with Gasteiger partial charge in [-0.05, 0) is 19.1 Å². The molecule has 0 aromatic carbocycles. The Morgan fingerprint density at radius 2 is 2.27 bits per heavy atom. The first-order chi connectivity index (χ1) is 15.9. The molecule has 180 valence electrons. The number of rotatable bonds is 10. The van der Waals surface area contributed by atoms with Gasteiger partial charge >= 0.3 is 0 Å². The highest BCUT2D eigenvalue weighted by atomic mass is 19.1. The van der Waals surface area contributed by atoms with Gasteiger partial charge in [-0.2, -0.15) is 4.99 Å². The molecule has 1 saturated heterocycles. The van der Waals surface area contributed by atoms with E-state index in [1.165, 1.54) is 17.3 Å². The summed E-state index contributed by atoms with van der Waals surface area (Å²) >= 11 is 0. The molecule has 0 aliphatic carbocycles. The number of piperidine rings is 1. The monoisotopic (exact) mass is 467 g/mol. The Morgan fingerprint density at radius 3 is 2.91 bits per heavy atom. The number of amides is 1. The van der Waals surface area contributed by atoms with Gasteiger partial charge in [-0.25, -0.2) is 18.2 Å². The second-order valence-electron chi connectivity index (χ2n) is 7.05. The summed E-state index contributed by atoms with van der Waals surface area (Å²) in [6.07, 6.45) is 2.63. The Kier molecular flexibility index (Phi) is 10.2. The number of amidine groups is 2. The van der Waals surface area contributed by atoms with Gasteiger partial charge in [-0.3, -0.25) is 9.79 Å². The predicted octanol–water partition coefficient (Wildman–Crippen LogP) is 1.63. The number of hydrogen-bond acceptors (Lipinski definition) is 7. The number of aliphatic imine (C=N–C) groups is 3. The van der Waals surface area contributed by atoms with Gasteiger partial charge in [-0.15, -0.1) is 0 Å². The lowest BCUT2D eigenvalue weighted by atomic mass is 10.1. The van der Waals surface area contributed by atoms with Crippen molar-refractivity contribution in [2.24, 2.45) is 20.7 Å². The number of nitrogens with two attached hydrogens (primary N) is 1. The third-order valence-electron chi connectivity index (χ3n) is 4.58. The fourth-order valence-corrected chi connectivity index (χ4v) is 2.98. The molecule has 0 bridgehead atoms. The van der Waals surface area contributed by atoms with E-state index in [9.17, 15) is 18.0 Å². The van der Waals surface area contributed by atoms with Crippen molar-refractivity contribution in [2.75, 3.05) is 32.9 Å². The molecule has 12 heteroatoms. The van der Waals surface area contributed by atoms with Crippen molar-refractivity contribution in [3.63, 3.8) is 0 Å². The number of hydrogen-bond donors (Lipinski definition) is 3. The largest absolute Gasteiger partial charge is 0.470 e. The summed E-state index contributed by atoms with van der Waals surface area (Å²) in [5, 5.41) is 5.80. The number of likely N-dealkylation sites (tertiary alicyclic amines) is 1. The number of halogens is 3. The molecule has 0 spiro atoms. The van der Waals surface area contributed by atoms with Crippen LogP contribution in [-0.4, -0.2) is 73.8 Å². The van der Waals surface area contributed by atoms with Crippen LogP contribution in [0.3, 0.4) is 0 Å². The molecule has 0 unspecified atom stereocenters. The maximum atomic E-state index is 14.4. The molecule has 2 aliphatic rings. The minimum Gasteiger partial charge on any atom is -0.470 e. The van der Waals surface area contributed by atoms with E-state index in [1.54, 1.807) is 0 Å². The van der Waals surface area contributed by atoms with Gasteiger partial charge in [-0.1, -0.05) is 6.58 Å². The Labute approximate surface area is 190 Å². The average molecular weight is 467 g/mol. The number of nitrogens with zero attached hydrogens (tertiary/aromatic N) is 4. The first-order valence-corrected chi connectivity index (χ1v) is 10.2. The van der Waals surface area contributed by atoms with E-state index in [-0.39, 0.29) is 56.6 Å². The minimum absolute atomic E-state index is 0.0121. The van der Waals surface area contributed by atoms with E-state index < -0.39 is 24.8 Å². The highest BCUT2D eigenvalue weighted by Crippen LogP contribution is 2.20. The van der Waals surface area contributed by atoms with Crippen LogP contribution in [0.5, 0.6) is 0 Å². The molecule has 2 atom stereocenters. The first kappa shape index (κ1) is 25.7. The van der Waals surface area contributed by atoms with Crippen LogP contribution in [-0.2, 0) is 9.53 Å². The predicted molar refractivity (Wildman–Crippen MR) is 122 cm³/mol. The van der Waals surface area contributed by atoms with E-state index in [4.69, 9.17) is 10.5 Å². The van der Waals surface area contributed by atoms with Crippen LogP contribution in [0.25, 0.3) is 0 Å². The standard InChI is InChI=1S/C21H28F3N7O2/c1-3-21(32)31-7-4-17(24)18(13-31)33-14(2)29-20(30-19-8-15(23)10-28-19)12-27-16(9-25)11-26-6-5-22/h3,9-11,17-18,27H,1-2,4-8,12-13,25H2,(H,28,29,30)/t17-,18+/m1/s1. The summed E-state index contributed by atoms with van der Waals surface area (Å²) in [6.45, 7) is 6.85. The van der Waals surface area contributed by atoms with Crippen LogP contribution < -0.4 is 16.4 Å². The molecule has 1 amide bonds. The van der Waals surface area contributed by atoms with Gasteiger partial charge in [0.15, 0.2) is 0 Å². The second-order valence-corrected chi connectivity index (χ2v) is 7.05. The van der Waals surface area contributed by atoms with Crippen molar-refractivity contribution in [2.45, 2.75) is 25.1 Å². The van der Waals surface area contributed by atoms with E-state index in [0.29, 0.717) is 11.5 Å². The molecule has 9 nitrogen and oxygen atoms in total. The lowest BCUT2D eigenvalue weighted by Crippen LogP contribution is -2.48. The van der Waals surface area contributed by atoms with E-state index >= 15 is 0 Å². The van der Waals surface area contributed by atoms with Crippen LogP contribution >= 0.6 is 0 Å². The number of alkyl halides is 2. The Bertz CT molecular complexity index is 883. The van der Waals surface area contributed by atoms with E-state index in [2.05, 4.69) is 38.8 Å². The quantitative estimate of drug-likeness (QED) is 0.195. The highest BCUT2D eigenvalue weighted by Gasteiger charge is 2.32. The van der Waals surface area contributed by atoms with Crippen LogP contribution in [0.2, 0.25) is 0 Å². The lowest BCUT2D eigenvalue weighted by Gasteiger charge is -2.34. The molecular formula is C21H28F3N7O2. The third kappa shape index (κ3) is 8.47. The van der Waals surface area contributed by atoms with Gasteiger partial charge in [0.2, 0.25) is 11.8 Å². The first-order valence-electron chi connectivity index (χ1n) is 10.2. The zero-order valence-corrected chi connectivity index (χ0v) is 18.1. The normalized spacial score (nSPS) is 21.5. The van der Waals surface area contributed by atoms with Crippen LogP contribution in [0.4, 0.5) is 13.2 Å². The molecule has 2 aliphatic heterocycles. The number of carbonyl (C=O) groups is 1. The average Bonchev–Trinajstić information content (AvgIpc) is 3.21. The second kappa shape index (κ2) is 13.1. The molecule has 0 radical (unpaired) electrons. The zero-order valence-electron chi connectivity index (χ0n) is 18.1. The van der Waals surface area contributed by atoms with Crippen molar-refractivity contribution in [1.29, 1.82) is 0 Å². The van der Waals surface area contributed by atoms with Crippen molar-refractivity contribution >= 4 is 23.8 Å². The lowest BCUT2D eigenvalue weighted by molar-refractivity contribution is -0.131. The maximum Gasteiger partial charge on any atom is 0.246 e. The Morgan fingerprint density at radius 1 is 1.48 bits per heavy atom. The SMILES string of the molecule is C=CC(=O)N1CC[C@@H](F)[C@@H](OC(=C)N=C(CNC(C=NCCF)=CN)NC2=NC=C(F)C2)C1. The summed E-state index contributed by atoms with van der Waals surface area (Å²) in [5.41, 5.74) is 5.92. The highest BCUT2D eigenvalue weighted by molar-refractivity contribution is 6.03. The number of ether oxygens (including phenoxy) is 1. The summed E-state index contributed by atoms with van der Waals surface area (Å²) in [7, 11) is 0. The van der Waals surface area contributed by atoms with Crippen LogP contribution in [0.15, 0.2) is 64.0 Å². The molecule has 2 rings (SSSR count). The maximum absolute atomic E-state index is 14.4. The Hall–Kier alpha value is -3.57. The van der Waals surface area contributed by atoms with Crippen LogP contribution in [0, 0.1) is 0 Å². The summed E-state index contributed by atoms with van der Waals surface area (Å²) in [4.78, 5) is 25.3. The molecule has 0 aromatic rings. The zero-order chi connectivity index (χ0) is 24.2.